The second-order valence-corrected chi connectivity index (χ2v) is 18.9. The van der Waals surface area contributed by atoms with E-state index in [0.29, 0.717) is 30.4 Å². The van der Waals surface area contributed by atoms with Crippen molar-refractivity contribution in [3.05, 3.63) is 154 Å². The van der Waals surface area contributed by atoms with Crippen LogP contribution in [0.2, 0.25) is 0 Å². The van der Waals surface area contributed by atoms with Crippen molar-refractivity contribution >= 4 is 17.5 Å². The minimum absolute atomic E-state index is 0.0930. The van der Waals surface area contributed by atoms with Crippen LogP contribution in [0.4, 0.5) is 0 Å². The number of hydrogen-bond donors (Lipinski definition) is 1. The fraction of sp³-hybridized carbons (Fsp3) is 0.500. The zero-order valence-electron chi connectivity index (χ0n) is 41.0. The van der Waals surface area contributed by atoms with E-state index in [1.165, 1.54) is 32.1 Å². The highest BCUT2D eigenvalue weighted by molar-refractivity contribution is 6.02. The van der Waals surface area contributed by atoms with Gasteiger partial charge in [0.2, 0.25) is 0 Å². The first kappa shape index (κ1) is 54.5. The van der Waals surface area contributed by atoms with Crippen molar-refractivity contribution in [3.63, 3.8) is 0 Å². The van der Waals surface area contributed by atoms with Crippen molar-refractivity contribution in [2.45, 2.75) is 178 Å². The normalized spacial score (nSPS) is 20.9. The highest BCUT2D eigenvalue weighted by atomic mass is 16.5. The first-order chi connectivity index (χ1) is 29.9. The van der Waals surface area contributed by atoms with Gasteiger partial charge in [0, 0.05) is 12.8 Å². The topological polar surface area (TPSA) is 80.7 Å². The molecule has 0 heterocycles. The summed E-state index contributed by atoms with van der Waals surface area (Å²) >= 11 is 0. The minimum atomic E-state index is -0.914. The van der Waals surface area contributed by atoms with Gasteiger partial charge in [-0.25, -0.2) is 0 Å². The fourth-order valence-corrected chi connectivity index (χ4v) is 7.99. The van der Waals surface area contributed by atoms with E-state index in [4.69, 9.17) is 4.74 Å². The van der Waals surface area contributed by atoms with E-state index in [9.17, 15) is 19.5 Å². The van der Waals surface area contributed by atoms with E-state index < -0.39 is 12.2 Å². The molecule has 0 bridgehead atoms. The van der Waals surface area contributed by atoms with Gasteiger partial charge in [-0.15, -0.1) is 0 Å². The van der Waals surface area contributed by atoms with Crippen LogP contribution in [0.5, 0.6) is 0 Å². The molecule has 0 fully saturated rings. The van der Waals surface area contributed by atoms with E-state index >= 15 is 0 Å². The van der Waals surface area contributed by atoms with Crippen molar-refractivity contribution in [2.75, 3.05) is 0 Å². The van der Waals surface area contributed by atoms with Crippen LogP contribution in [0.1, 0.15) is 166 Å². The van der Waals surface area contributed by atoms with Gasteiger partial charge >= 0.3 is 5.97 Å². The third-order valence-electron chi connectivity index (χ3n) is 11.9. The second-order valence-electron chi connectivity index (χ2n) is 18.9. The SMILES string of the molecule is CCCCC/C=C\C/C=C\CCCCCCCC(=O)O[C@H]1CC(C)(C)C(/C=C/C(C)=C/C=C/C(C)=C/C=C/C=C(C)/C=C/C=C(C)/C=C/C2=C(C)C(=O)[C@@H](O)CC2(C)C)=C(C)C1=O. The predicted molar refractivity (Wildman–Crippen MR) is 268 cm³/mol. The number of unbranched alkanes of at least 4 members (excludes halogenated alkanes) is 8. The predicted octanol–water partition coefficient (Wildman–Crippen LogP) is 15.3. The Hall–Kier alpha value is -4.61. The second kappa shape index (κ2) is 29.0. The Morgan fingerprint density at radius 2 is 1.05 bits per heavy atom. The van der Waals surface area contributed by atoms with E-state index in [1.54, 1.807) is 6.92 Å². The van der Waals surface area contributed by atoms with Gasteiger partial charge in [-0.1, -0.05) is 198 Å². The molecule has 0 saturated heterocycles. The first-order valence-corrected chi connectivity index (χ1v) is 23.7. The maximum atomic E-state index is 13.3. The van der Waals surface area contributed by atoms with E-state index in [2.05, 4.69) is 103 Å². The summed E-state index contributed by atoms with van der Waals surface area (Å²) in [5.74, 6) is -0.541. The number of carbonyl (C=O) groups excluding carboxylic acids is 3. The summed E-state index contributed by atoms with van der Waals surface area (Å²) < 4.78 is 5.77. The summed E-state index contributed by atoms with van der Waals surface area (Å²) in [5.41, 5.74) is 7.08. The Morgan fingerprint density at radius 1 is 0.603 bits per heavy atom. The summed E-state index contributed by atoms with van der Waals surface area (Å²) in [7, 11) is 0. The molecule has 2 aliphatic carbocycles. The van der Waals surface area contributed by atoms with Crippen molar-refractivity contribution in [1.82, 2.24) is 0 Å². The zero-order valence-corrected chi connectivity index (χ0v) is 41.0. The highest BCUT2D eigenvalue weighted by Gasteiger charge is 2.40. The molecule has 5 heteroatoms. The quantitative estimate of drug-likeness (QED) is 0.0428. The van der Waals surface area contributed by atoms with Gasteiger partial charge in [0.1, 0.15) is 6.10 Å². The van der Waals surface area contributed by atoms with Crippen molar-refractivity contribution in [1.29, 1.82) is 0 Å². The average Bonchev–Trinajstić information content (AvgIpc) is 3.21. The van der Waals surface area contributed by atoms with Crippen LogP contribution < -0.4 is 0 Å². The summed E-state index contributed by atoms with van der Waals surface area (Å²) in [6, 6.07) is 0. The summed E-state index contributed by atoms with van der Waals surface area (Å²) in [4.78, 5) is 38.4. The summed E-state index contributed by atoms with van der Waals surface area (Å²) in [6.45, 7) is 22.5. The van der Waals surface area contributed by atoms with Gasteiger partial charge in [-0.3, -0.25) is 14.4 Å². The molecule has 0 aliphatic heterocycles. The van der Waals surface area contributed by atoms with Crippen LogP contribution in [-0.2, 0) is 19.1 Å². The van der Waals surface area contributed by atoms with E-state index in [0.717, 1.165) is 72.0 Å². The monoisotopic (exact) mass is 859 g/mol. The third kappa shape index (κ3) is 21.1. The molecule has 2 aliphatic rings. The minimum Gasteiger partial charge on any atom is -0.454 e. The molecule has 0 saturated carbocycles. The van der Waals surface area contributed by atoms with E-state index in [-0.39, 0.29) is 28.4 Å². The lowest BCUT2D eigenvalue weighted by Crippen LogP contribution is -2.39. The molecule has 0 aromatic rings. The molecule has 5 nitrogen and oxygen atoms in total. The number of aliphatic hydroxyl groups excluding tert-OH is 1. The lowest BCUT2D eigenvalue weighted by atomic mass is 9.71. The molecule has 344 valence electrons. The molecule has 2 rings (SSSR count). The van der Waals surface area contributed by atoms with Crippen molar-refractivity contribution < 1.29 is 24.2 Å². The lowest BCUT2D eigenvalue weighted by Gasteiger charge is -2.36. The van der Waals surface area contributed by atoms with E-state index in [1.807, 2.05) is 75.5 Å². The van der Waals surface area contributed by atoms with Crippen LogP contribution in [-0.4, -0.2) is 34.9 Å². The molecule has 0 unspecified atom stereocenters. The van der Waals surface area contributed by atoms with Gasteiger partial charge in [0.05, 0.1) is 0 Å². The number of Topliss-reactive ketones (excluding diaryl/α,β-unsaturated/α-hetero) is 2. The van der Waals surface area contributed by atoms with Gasteiger partial charge in [0.15, 0.2) is 17.7 Å². The first-order valence-electron chi connectivity index (χ1n) is 23.7. The summed E-state index contributed by atoms with van der Waals surface area (Å²) in [6.07, 6.45) is 49.8. The molecule has 0 radical (unpaired) electrons. The lowest BCUT2D eigenvalue weighted by molar-refractivity contribution is -0.156. The number of allylic oxidation sites excluding steroid dienone is 24. The highest BCUT2D eigenvalue weighted by Crippen LogP contribution is 2.41. The molecule has 0 amide bonds. The third-order valence-corrected chi connectivity index (χ3v) is 11.9. The van der Waals surface area contributed by atoms with Gasteiger partial charge < -0.3 is 9.84 Å². The Balaban J connectivity index is 1.81. The smallest absolute Gasteiger partial charge is 0.306 e. The van der Waals surface area contributed by atoms with Gasteiger partial charge in [0.25, 0.3) is 0 Å². The molecule has 63 heavy (non-hydrogen) atoms. The zero-order chi connectivity index (χ0) is 46.8. The van der Waals surface area contributed by atoms with Gasteiger partial charge in [-0.05, 0) is 120 Å². The standard InChI is InChI=1S/C58H82O5/c1-12-13-14-15-16-17-18-19-20-21-22-23-24-25-26-37-54(60)63-53-43-58(10,11)51(49(7)56(53)62)41-39-47(5)36-30-34-45(3)32-28-27-31-44(2)33-29-35-46(4)38-40-50-48(6)55(61)52(59)42-57(50,8)9/h16-17,19-20,27-36,38-41,52-53,59H,12-15,18,21-26,37,42-43H2,1-11H3/b17-16-,20-19-,28-27+,33-29+,34-30+,40-38+,41-39+,44-31+,45-32+,46-35+,47-36+/t52-,53-/m0/s1. The number of rotatable bonds is 25. The Labute approximate surface area is 383 Å². The van der Waals surface area contributed by atoms with Crippen LogP contribution in [0.25, 0.3) is 0 Å². The molecule has 0 spiro atoms. The van der Waals surface area contributed by atoms with Crippen LogP contribution in [0.15, 0.2) is 154 Å². The summed E-state index contributed by atoms with van der Waals surface area (Å²) in [5, 5.41) is 10.1. The molecular formula is C58H82O5. The van der Waals surface area contributed by atoms with Crippen molar-refractivity contribution in [2.24, 2.45) is 10.8 Å². The maximum Gasteiger partial charge on any atom is 0.306 e. The number of ketones is 2. The fourth-order valence-electron chi connectivity index (χ4n) is 7.99. The molecule has 1 N–H and O–H groups in total. The Bertz CT molecular complexity index is 1930. The Morgan fingerprint density at radius 3 is 1.59 bits per heavy atom. The Kier molecular flexibility index (Phi) is 25.1. The number of ether oxygens (including phenoxy) is 1. The largest absolute Gasteiger partial charge is 0.454 e. The maximum absolute atomic E-state index is 13.3. The van der Waals surface area contributed by atoms with Gasteiger partial charge in [-0.2, -0.15) is 0 Å². The number of esters is 1. The van der Waals surface area contributed by atoms with Crippen LogP contribution in [0, 0.1) is 10.8 Å². The molecular weight excluding hydrogens is 777 g/mol. The molecule has 0 aromatic heterocycles. The average molecular weight is 859 g/mol. The molecule has 0 aromatic carbocycles. The van der Waals surface area contributed by atoms with Crippen molar-refractivity contribution in [3.8, 4) is 0 Å². The van der Waals surface area contributed by atoms with Crippen LogP contribution in [0.3, 0.4) is 0 Å². The molecule has 2 atom stereocenters. The number of carbonyl (C=O) groups is 3. The number of aliphatic hydroxyl groups is 1. The number of hydrogen-bond acceptors (Lipinski definition) is 5. The van der Waals surface area contributed by atoms with Crippen LogP contribution >= 0.6 is 0 Å².